The van der Waals surface area contributed by atoms with Gasteiger partial charge in [0, 0.05) is 15.5 Å². The van der Waals surface area contributed by atoms with Crippen molar-refractivity contribution in [1.29, 1.82) is 0 Å². The van der Waals surface area contributed by atoms with E-state index in [2.05, 4.69) is 5.32 Å². The molecule has 0 radical (unpaired) electrons. The van der Waals surface area contributed by atoms with Crippen molar-refractivity contribution in [3.05, 3.63) is 59.1 Å². The second kappa shape index (κ2) is 8.54. The molecule has 1 atom stereocenters. The van der Waals surface area contributed by atoms with Crippen LogP contribution in [0.25, 0.3) is 0 Å². The summed E-state index contributed by atoms with van der Waals surface area (Å²) in [7, 11) is 1.55. The lowest BCUT2D eigenvalue weighted by Crippen LogP contribution is -2.41. The zero-order valence-electron chi connectivity index (χ0n) is 12.4. The number of alkyl halides is 3. The standard InChI is InChI=1S/C16H13Cl4NO2S/c1-23-12-6-2-10(3-7-12)14(22)21-15(16(18,19)20)24-13-8-4-11(17)5-9-13/h2-9,15H,1H3,(H,21,22)/t15-/m0/s1. The Morgan fingerprint density at radius 2 is 1.67 bits per heavy atom. The number of hydrogen-bond donors (Lipinski definition) is 1. The highest BCUT2D eigenvalue weighted by Gasteiger charge is 2.35. The van der Waals surface area contributed by atoms with Crippen molar-refractivity contribution >= 4 is 64.1 Å². The molecule has 0 unspecified atom stereocenters. The van der Waals surface area contributed by atoms with E-state index in [4.69, 9.17) is 51.1 Å². The third kappa shape index (κ3) is 5.64. The van der Waals surface area contributed by atoms with Gasteiger partial charge in [0.1, 0.15) is 11.1 Å². The average Bonchev–Trinajstić information content (AvgIpc) is 2.55. The number of thioether (sulfide) groups is 1. The fraction of sp³-hybridized carbons (Fsp3) is 0.188. The zero-order chi connectivity index (χ0) is 17.7. The second-order valence-corrected chi connectivity index (χ2v) is 8.68. The van der Waals surface area contributed by atoms with Gasteiger partial charge in [0.25, 0.3) is 5.91 Å². The molecule has 0 spiro atoms. The molecule has 8 heteroatoms. The zero-order valence-corrected chi connectivity index (χ0v) is 16.3. The first kappa shape index (κ1) is 19.5. The molecule has 128 valence electrons. The predicted octanol–water partition coefficient (Wildman–Crippen LogP) is 5.57. The molecule has 3 nitrogen and oxygen atoms in total. The van der Waals surface area contributed by atoms with E-state index in [1.54, 1.807) is 55.6 Å². The van der Waals surface area contributed by atoms with Crippen LogP contribution in [0.3, 0.4) is 0 Å². The molecule has 0 aliphatic heterocycles. The summed E-state index contributed by atoms with van der Waals surface area (Å²) in [6, 6.07) is 13.7. The number of hydrogen-bond acceptors (Lipinski definition) is 3. The summed E-state index contributed by atoms with van der Waals surface area (Å²) in [5, 5.41) is 2.55. The van der Waals surface area contributed by atoms with Crippen LogP contribution in [0.4, 0.5) is 0 Å². The van der Waals surface area contributed by atoms with Crippen molar-refractivity contribution in [1.82, 2.24) is 5.32 Å². The fourth-order valence-corrected chi connectivity index (χ4v) is 3.33. The van der Waals surface area contributed by atoms with Gasteiger partial charge < -0.3 is 10.1 Å². The van der Waals surface area contributed by atoms with E-state index in [1.165, 1.54) is 11.8 Å². The van der Waals surface area contributed by atoms with Gasteiger partial charge in [-0.1, -0.05) is 58.2 Å². The molecule has 1 N–H and O–H groups in total. The van der Waals surface area contributed by atoms with Gasteiger partial charge in [-0.15, -0.1) is 0 Å². The first-order valence-electron chi connectivity index (χ1n) is 6.73. The number of ether oxygens (including phenoxy) is 1. The van der Waals surface area contributed by atoms with Gasteiger partial charge in [0.05, 0.1) is 7.11 Å². The first-order chi connectivity index (χ1) is 11.3. The molecule has 1 amide bonds. The summed E-state index contributed by atoms with van der Waals surface area (Å²) in [6.45, 7) is 0. The van der Waals surface area contributed by atoms with Crippen LogP contribution in [0.15, 0.2) is 53.4 Å². The van der Waals surface area contributed by atoms with Crippen molar-refractivity contribution in [2.45, 2.75) is 14.1 Å². The van der Waals surface area contributed by atoms with E-state index in [0.29, 0.717) is 16.3 Å². The number of carbonyl (C=O) groups is 1. The topological polar surface area (TPSA) is 38.3 Å². The van der Waals surface area contributed by atoms with E-state index < -0.39 is 9.17 Å². The molecular formula is C16H13Cl4NO2S. The van der Waals surface area contributed by atoms with Crippen LogP contribution in [0.1, 0.15) is 10.4 Å². The molecular weight excluding hydrogens is 412 g/mol. The molecule has 2 aromatic carbocycles. The number of halogens is 4. The maximum Gasteiger partial charge on any atom is 0.252 e. The van der Waals surface area contributed by atoms with Gasteiger partial charge in [-0.2, -0.15) is 0 Å². The van der Waals surface area contributed by atoms with Crippen LogP contribution in [-0.4, -0.2) is 22.2 Å². The second-order valence-electron chi connectivity index (χ2n) is 4.70. The highest BCUT2D eigenvalue weighted by Crippen LogP contribution is 2.39. The van der Waals surface area contributed by atoms with Crippen LogP contribution < -0.4 is 10.1 Å². The van der Waals surface area contributed by atoms with E-state index in [1.807, 2.05) is 0 Å². The molecule has 24 heavy (non-hydrogen) atoms. The summed E-state index contributed by atoms with van der Waals surface area (Å²) in [6.07, 6.45) is 0. The fourth-order valence-electron chi connectivity index (χ4n) is 1.77. The maximum atomic E-state index is 12.4. The number of amides is 1. The maximum absolute atomic E-state index is 12.4. The molecule has 2 aromatic rings. The lowest BCUT2D eigenvalue weighted by atomic mass is 10.2. The molecule has 0 aliphatic carbocycles. The molecule has 0 aromatic heterocycles. The van der Waals surface area contributed by atoms with Gasteiger partial charge in [0.2, 0.25) is 3.79 Å². The summed E-state index contributed by atoms with van der Waals surface area (Å²) < 4.78 is 3.37. The van der Waals surface area contributed by atoms with Crippen LogP contribution in [-0.2, 0) is 0 Å². The monoisotopic (exact) mass is 423 g/mol. The largest absolute Gasteiger partial charge is 0.497 e. The van der Waals surface area contributed by atoms with E-state index >= 15 is 0 Å². The van der Waals surface area contributed by atoms with Gasteiger partial charge in [-0.05, 0) is 48.5 Å². The first-order valence-corrected chi connectivity index (χ1v) is 9.12. The van der Waals surface area contributed by atoms with Crippen molar-refractivity contribution in [2.24, 2.45) is 0 Å². The lowest BCUT2D eigenvalue weighted by molar-refractivity contribution is 0.0950. The lowest BCUT2D eigenvalue weighted by Gasteiger charge is -2.25. The number of benzene rings is 2. The van der Waals surface area contributed by atoms with Crippen molar-refractivity contribution in [3.8, 4) is 5.75 Å². The van der Waals surface area contributed by atoms with Gasteiger partial charge in [-0.25, -0.2) is 0 Å². The highest BCUT2D eigenvalue weighted by atomic mass is 35.6. The molecule has 0 bridgehead atoms. The number of methoxy groups -OCH3 is 1. The number of rotatable bonds is 5. The molecule has 0 heterocycles. The smallest absolute Gasteiger partial charge is 0.252 e. The van der Waals surface area contributed by atoms with E-state index in [9.17, 15) is 4.79 Å². The van der Waals surface area contributed by atoms with Crippen molar-refractivity contribution in [3.63, 3.8) is 0 Å². The molecule has 0 saturated heterocycles. The van der Waals surface area contributed by atoms with Crippen molar-refractivity contribution < 1.29 is 9.53 Å². The summed E-state index contributed by atoms with van der Waals surface area (Å²) in [4.78, 5) is 13.2. The normalized spacial score (nSPS) is 12.5. The summed E-state index contributed by atoms with van der Waals surface area (Å²) in [5.41, 5.74) is 0.437. The average molecular weight is 425 g/mol. The minimum absolute atomic E-state index is 0.351. The Morgan fingerprint density at radius 1 is 1.08 bits per heavy atom. The Kier molecular flexibility index (Phi) is 6.96. The van der Waals surface area contributed by atoms with Gasteiger partial charge >= 0.3 is 0 Å². The van der Waals surface area contributed by atoms with Crippen LogP contribution >= 0.6 is 58.2 Å². The summed E-state index contributed by atoms with van der Waals surface area (Å²) in [5.74, 6) is 0.301. The Morgan fingerprint density at radius 3 is 2.17 bits per heavy atom. The van der Waals surface area contributed by atoms with E-state index in [0.717, 1.165) is 4.90 Å². The van der Waals surface area contributed by atoms with Crippen LogP contribution in [0, 0.1) is 0 Å². The third-order valence-corrected chi connectivity index (χ3v) is 5.53. The molecule has 2 rings (SSSR count). The minimum atomic E-state index is -1.69. The predicted molar refractivity (Wildman–Crippen MR) is 102 cm³/mol. The molecule has 0 aliphatic rings. The van der Waals surface area contributed by atoms with Gasteiger partial charge in [-0.3, -0.25) is 4.79 Å². The van der Waals surface area contributed by atoms with Crippen LogP contribution in [0.2, 0.25) is 5.02 Å². The molecule has 0 saturated carbocycles. The quantitative estimate of drug-likeness (QED) is 0.387. The Balaban J connectivity index is 2.13. The summed E-state index contributed by atoms with van der Waals surface area (Å²) >= 11 is 25.1. The third-order valence-electron chi connectivity index (χ3n) is 2.98. The Bertz CT molecular complexity index is 687. The number of carbonyl (C=O) groups excluding carboxylic acids is 1. The van der Waals surface area contributed by atoms with Gasteiger partial charge in [0.15, 0.2) is 0 Å². The SMILES string of the molecule is COc1ccc(C(=O)N[C@@H](Sc2ccc(Cl)cc2)C(Cl)(Cl)Cl)cc1. The van der Waals surface area contributed by atoms with Crippen molar-refractivity contribution in [2.75, 3.05) is 7.11 Å². The minimum Gasteiger partial charge on any atom is -0.497 e. The Labute approximate surface area is 164 Å². The highest BCUT2D eigenvalue weighted by molar-refractivity contribution is 8.00. The number of nitrogens with one attached hydrogen (secondary N) is 1. The van der Waals surface area contributed by atoms with Crippen LogP contribution in [0.5, 0.6) is 5.75 Å². The Hall–Kier alpha value is -0.780. The molecule has 0 fully saturated rings. The van der Waals surface area contributed by atoms with E-state index in [-0.39, 0.29) is 5.91 Å².